The highest BCUT2D eigenvalue weighted by Crippen LogP contribution is 2.41. The van der Waals surface area contributed by atoms with E-state index in [9.17, 15) is 9.59 Å². The zero-order valence-corrected chi connectivity index (χ0v) is 13.2. The van der Waals surface area contributed by atoms with Crippen LogP contribution in [0.3, 0.4) is 0 Å². The summed E-state index contributed by atoms with van der Waals surface area (Å²) < 4.78 is 0. The van der Waals surface area contributed by atoms with Crippen molar-refractivity contribution in [3.05, 3.63) is 22.4 Å². The first kappa shape index (κ1) is 14.6. The van der Waals surface area contributed by atoms with Gasteiger partial charge >= 0.3 is 0 Å². The lowest BCUT2D eigenvalue weighted by molar-refractivity contribution is -0.131. The summed E-state index contributed by atoms with van der Waals surface area (Å²) in [6.07, 6.45) is 6.13. The molecule has 1 aliphatic heterocycles. The van der Waals surface area contributed by atoms with Crippen molar-refractivity contribution < 1.29 is 9.59 Å². The van der Waals surface area contributed by atoms with Gasteiger partial charge in [0.05, 0.1) is 6.42 Å². The van der Waals surface area contributed by atoms with Crippen molar-refractivity contribution in [1.29, 1.82) is 0 Å². The third-order valence-corrected chi connectivity index (χ3v) is 5.85. The summed E-state index contributed by atoms with van der Waals surface area (Å²) in [7, 11) is 1.94. The molecule has 0 aromatic carbocycles. The van der Waals surface area contributed by atoms with Crippen molar-refractivity contribution in [2.75, 3.05) is 7.05 Å². The van der Waals surface area contributed by atoms with E-state index >= 15 is 0 Å². The summed E-state index contributed by atoms with van der Waals surface area (Å²) in [5, 5.41) is 7.17. The molecule has 1 aliphatic carbocycles. The number of rotatable bonds is 3. The van der Waals surface area contributed by atoms with Crippen LogP contribution in [0.4, 0.5) is 0 Å². The maximum Gasteiger partial charge on any atom is 0.224 e. The van der Waals surface area contributed by atoms with Gasteiger partial charge in [0.1, 0.15) is 0 Å². The molecule has 1 saturated heterocycles. The molecule has 1 saturated carbocycles. The second-order valence-corrected chi connectivity index (χ2v) is 7.11. The first-order chi connectivity index (χ1) is 10.1. The highest BCUT2D eigenvalue weighted by Gasteiger charge is 2.45. The Balaban J connectivity index is 1.50. The van der Waals surface area contributed by atoms with Crippen LogP contribution in [0.5, 0.6) is 0 Å². The highest BCUT2D eigenvalue weighted by atomic mass is 32.1. The van der Waals surface area contributed by atoms with E-state index in [1.54, 1.807) is 11.3 Å². The lowest BCUT2D eigenvalue weighted by atomic mass is 9.78. The first-order valence-electron chi connectivity index (χ1n) is 7.66. The van der Waals surface area contributed by atoms with Crippen LogP contribution in [0.15, 0.2) is 16.8 Å². The maximum atomic E-state index is 12.0. The van der Waals surface area contributed by atoms with Gasteiger partial charge in [-0.2, -0.15) is 11.3 Å². The van der Waals surface area contributed by atoms with Gasteiger partial charge in [0, 0.05) is 25.0 Å². The molecule has 0 unspecified atom stereocenters. The number of carbonyl (C=O) groups excluding carboxylic acids is 2. The van der Waals surface area contributed by atoms with E-state index in [0.29, 0.717) is 12.8 Å². The third-order valence-electron chi connectivity index (χ3n) is 5.12. The van der Waals surface area contributed by atoms with E-state index in [-0.39, 0.29) is 23.4 Å². The molecule has 4 nitrogen and oxygen atoms in total. The Hall–Kier alpha value is -1.36. The van der Waals surface area contributed by atoms with Crippen LogP contribution in [0.2, 0.25) is 0 Å². The number of amides is 2. The Morgan fingerprint density at radius 2 is 2.19 bits per heavy atom. The minimum absolute atomic E-state index is 0.0751. The molecular weight excluding hydrogens is 284 g/mol. The number of nitrogens with one attached hydrogen (secondary N) is 1. The SMILES string of the molecule is CN1C(=O)CCC12CCC(NC(=O)Cc1ccsc1)CC2. The number of hydrogen-bond acceptors (Lipinski definition) is 3. The molecule has 3 rings (SSSR count). The van der Waals surface area contributed by atoms with Gasteiger partial charge < -0.3 is 10.2 Å². The fourth-order valence-corrected chi connectivity index (χ4v) is 4.35. The van der Waals surface area contributed by atoms with Gasteiger partial charge in [0.2, 0.25) is 11.8 Å². The van der Waals surface area contributed by atoms with Crippen molar-refractivity contribution in [1.82, 2.24) is 10.2 Å². The largest absolute Gasteiger partial charge is 0.353 e. The van der Waals surface area contributed by atoms with Crippen LogP contribution < -0.4 is 5.32 Å². The second kappa shape index (κ2) is 5.79. The molecule has 2 amide bonds. The summed E-state index contributed by atoms with van der Waals surface area (Å²) in [5.74, 6) is 0.389. The van der Waals surface area contributed by atoms with Crippen LogP contribution in [-0.2, 0) is 16.0 Å². The average Bonchev–Trinajstić information content (AvgIpc) is 3.06. The van der Waals surface area contributed by atoms with E-state index in [2.05, 4.69) is 5.32 Å². The van der Waals surface area contributed by atoms with Gasteiger partial charge in [-0.1, -0.05) is 0 Å². The van der Waals surface area contributed by atoms with Crippen molar-refractivity contribution >= 4 is 23.2 Å². The number of likely N-dealkylation sites (tertiary alicyclic amines) is 1. The van der Waals surface area contributed by atoms with Crippen molar-refractivity contribution in [2.24, 2.45) is 0 Å². The molecule has 1 N–H and O–H groups in total. The summed E-state index contributed by atoms with van der Waals surface area (Å²) in [4.78, 5) is 25.7. The standard InChI is InChI=1S/C16H22N2O2S/c1-18-15(20)4-8-16(18)6-2-13(3-7-16)17-14(19)10-12-5-9-21-11-12/h5,9,11,13H,2-4,6-8,10H2,1H3,(H,17,19). The fourth-order valence-electron chi connectivity index (χ4n) is 3.68. The van der Waals surface area contributed by atoms with E-state index in [1.807, 2.05) is 28.8 Å². The maximum absolute atomic E-state index is 12.0. The van der Waals surface area contributed by atoms with E-state index in [0.717, 1.165) is 37.7 Å². The first-order valence-corrected chi connectivity index (χ1v) is 8.60. The van der Waals surface area contributed by atoms with Crippen molar-refractivity contribution in [3.63, 3.8) is 0 Å². The van der Waals surface area contributed by atoms with Gasteiger partial charge in [-0.3, -0.25) is 9.59 Å². The molecule has 0 radical (unpaired) electrons. The fraction of sp³-hybridized carbons (Fsp3) is 0.625. The molecule has 21 heavy (non-hydrogen) atoms. The quantitative estimate of drug-likeness (QED) is 0.932. The minimum Gasteiger partial charge on any atom is -0.353 e. The Morgan fingerprint density at radius 3 is 2.76 bits per heavy atom. The van der Waals surface area contributed by atoms with E-state index < -0.39 is 0 Å². The van der Waals surface area contributed by atoms with E-state index in [4.69, 9.17) is 0 Å². The number of nitrogens with zero attached hydrogens (tertiary/aromatic N) is 1. The molecule has 114 valence electrons. The van der Waals surface area contributed by atoms with Crippen LogP contribution in [-0.4, -0.2) is 35.3 Å². The summed E-state index contributed by atoms with van der Waals surface area (Å²) >= 11 is 1.62. The topological polar surface area (TPSA) is 49.4 Å². The Kier molecular flexibility index (Phi) is 4.02. The summed E-state index contributed by atoms with van der Waals surface area (Å²) in [6.45, 7) is 0. The smallest absolute Gasteiger partial charge is 0.224 e. The number of carbonyl (C=O) groups is 2. The molecule has 2 aliphatic rings. The highest BCUT2D eigenvalue weighted by molar-refractivity contribution is 7.07. The third kappa shape index (κ3) is 2.98. The molecule has 1 aromatic rings. The van der Waals surface area contributed by atoms with Crippen LogP contribution in [0, 0.1) is 0 Å². The number of thiophene rings is 1. The Labute approximate surface area is 129 Å². The Morgan fingerprint density at radius 1 is 1.43 bits per heavy atom. The molecule has 2 fully saturated rings. The van der Waals surface area contributed by atoms with Crippen LogP contribution >= 0.6 is 11.3 Å². The summed E-state index contributed by atoms with van der Waals surface area (Å²) in [5.41, 5.74) is 1.16. The molecule has 0 atom stereocenters. The minimum atomic E-state index is 0.0751. The van der Waals surface area contributed by atoms with Crippen molar-refractivity contribution in [3.8, 4) is 0 Å². The second-order valence-electron chi connectivity index (χ2n) is 6.33. The predicted molar refractivity (Wildman–Crippen MR) is 83.2 cm³/mol. The molecular formula is C16H22N2O2S. The van der Waals surface area contributed by atoms with E-state index in [1.165, 1.54) is 0 Å². The number of hydrogen-bond donors (Lipinski definition) is 1. The predicted octanol–water partition coefficient (Wildman–Crippen LogP) is 2.34. The van der Waals surface area contributed by atoms with Gasteiger partial charge in [-0.05, 0) is 54.5 Å². The molecule has 1 aromatic heterocycles. The van der Waals surface area contributed by atoms with Crippen LogP contribution in [0.25, 0.3) is 0 Å². The van der Waals surface area contributed by atoms with Gasteiger partial charge in [-0.15, -0.1) is 0 Å². The van der Waals surface area contributed by atoms with Gasteiger partial charge in [0.15, 0.2) is 0 Å². The molecule has 2 heterocycles. The zero-order chi connectivity index (χ0) is 14.9. The Bertz CT molecular complexity index is 518. The normalized spacial score (nSPS) is 29.1. The van der Waals surface area contributed by atoms with Gasteiger partial charge in [0.25, 0.3) is 0 Å². The summed E-state index contributed by atoms with van der Waals surface area (Å²) in [6, 6.07) is 2.27. The molecule has 1 spiro atoms. The monoisotopic (exact) mass is 306 g/mol. The lowest BCUT2D eigenvalue weighted by Crippen LogP contribution is -2.49. The average molecular weight is 306 g/mol. The molecule has 0 bridgehead atoms. The molecule has 5 heteroatoms. The lowest BCUT2D eigenvalue weighted by Gasteiger charge is -2.42. The zero-order valence-electron chi connectivity index (χ0n) is 12.4. The van der Waals surface area contributed by atoms with Crippen molar-refractivity contribution in [2.45, 2.75) is 56.5 Å². The van der Waals surface area contributed by atoms with Crippen LogP contribution in [0.1, 0.15) is 44.1 Å². The van der Waals surface area contributed by atoms with Gasteiger partial charge in [-0.25, -0.2) is 0 Å².